The molecule has 0 atom stereocenters. The molecule has 0 amide bonds. The number of esters is 1. The van der Waals surface area contributed by atoms with E-state index in [4.69, 9.17) is 0 Å². The van der Waals surface area contributed by atoms with Crippen LogP contribution in [0.25, 0.3) is 10.8 Å². The second-order valence-corrected chi connectivity index (χ2v) is 3.43. The Morgan fingerprint density at radius 1 is 1.31 bits per heavy atom. The highest BCUT2D eigenvalue weighted by molar-refractivity contribution is 5.99. The highest BCUT2D eigenvalue weighted by Gasteiger charge is 2.17. The van der Waals surface area contributed by atoms with E-state index in [1.807, 2.05) is 12.1 Å². The summed E-state index contributed by atoms with van der Waals surface area (Å²) in [5, 5.41) is 11.3. The number of hydrogen-bond donors (Lipinski definition) is 1. The Bertz CT molecular complexity index is 563. The van der Waals surface area contributed by atoms with E-state index in [2.05, 4.69) is 9.72 Å². The molecule has 2 rings (SSSR count). The van der Waals surface area contributed by atoms with E-state index in [1.165, 1.54) is 7.11 Å². The summed E-state index contributed by atoms with van der Waals surface area (Å²) in [7, 11) is 1.26. The van der Waals surface area contributed by atoms with Gasteiger partial charge >= 0.3 is 5.97 Å². The number of carbonyl (C=O) groups excluding carboxylic acids is 1. The van der Waals surface area contributed by atoms with E-state index in [1.54, 1.807) is 19.1 Å². The van der Waals surface area contributed by atoms with Crippen molar-refractivity contribution < 1.29 is 14.6 Å². The van der Waals surface area contributed by atoms with E-state index in [0.717, 1.165) is 5.39 Å². The Morgan fingerprint density at radius 3 is 2.56 bits per heavy atom. The molecule has 82 valence electrons. The number of benzene rings is 1. The first-order valence-corrected chi connectivity index (χ1v) is 4.81. The largest absolute Gasteiger partial charge is 0.505 e. The third-order valence-electron chi connectivity index (χ3n) is 2.45. The van der Waals surface area contributed by atoms with Crippen molar-refractivity contribution in [2.24, 2.45) is 0 Å². The van der Waals surface area contributed by atoms with E-state index >= 15 is 0 Å². The molecule has 0 spiro atoms. The van der Waals surface area contributed by atoms with Crippen molar-refractivity contribution in [3.8, 4) is 5.75 Å². The predicted octanol–water partition coefficient (Wildman–Crippen LogP) is 2.04. The molecule has 0 bridgehead atoms. The molecule has 0 fully saturated rings. The molecule has 0 aliphatic rings. The molecule has 0 saturated heterocycles. The monoisotopic (exact) mass is 217 g/mol. The SMILES string of the molecule is COC(=O)c1nc(C)c2ccccc2c1O. The molecule has 4 heteroatoms. The van der Waals surface area contributed by atoms with Crippen LogP contribution in [0.1, 0.15) is 16.2 Å². The molecule has 1 aromatic heterocycles. The first kappa shape index (κ1) is 10.4. The lowest BCUT2D eigenvalue weighted by Gasteiger charge is -2.07. The number of nitrogens with zero attached hydrogens (tertiary/aromatic N) is 1. The average Bonchev–Trinajstić information content (AvgIpc) is 2.33. The summed E-state index contributed by atoms with van der Waals surface area (Å²) in [6.45, 7) is 1.79. The van der Waals surface area contributed by atoms with Crippen LogP contribution in [0.15, 0.2) is 24.3 Å². The zero-order valence-electron chi connectivity index (χ0n) is 9.02. The Balaban J connectivity index is 2.80. The molecule has 0 aliphatic carbocycles. The van der Waals surface area contributed by atoms with Crippen LogP contribution in [-0.4, -0.2) is 23.2 Å². The molecule has 0 saturated carbocycles. The van der Waals surface area contributed by atoms with Gasteiger partial charge in [-0.05, 0) is 6.92 Å². The van der Waals surface area contributed by atoms with Gasteiger partial charge in [0.25, 0.3) is 0 Å². The van der Waals surface area contributed by atoms with Gasteiger partial charge in [-0.1, -0.05) is 24.3 Å². The minimum Gasteiger partial charge on any atom is -0.505 e. The summed E-state index contributed by atoms with van der Waals surface area (Å²) in [6, 6.07) is 7.24. The number of fused-ring (bicyclic) bond motifs is 1. The standard InChI is InChI=1S/C12H11NO3/c1-7-8-5-3-4-6-9(8)11(14)10(13-7)12(15)16-2/h3-6,14H,1-2H3. The van der Waals surface area contributed by atoms with E-state index in [0.29, 0.717) is 11.1 Å². The maximum Gasteiger partial charge on any atom is 0.360 e. The van der Waals surface area contributed by atoms with Crippen LogP contribution in [0, 0.1) is 6.92 Å². The van der Waals surface area contributed by atoms with Gasteiger partial charge in [0, 0.05) is 16.5 Å². The van der Waals surface area contributed by atoms with E-state index in [9.17, 15) is 9.90 Å². The minimum atomic E-state index is -0.633. The smallest absolute Gasteiger partial charge is 0.360 e. The van der Waals surface area contributed by atoms with Gasteiger partial charge in [0.15, 0.2) is 11.4 Å². The molecule has 1 N–H and O–H groups in total. The summed E-state index contributed by atoms with van der Waals surface area (Å²) in [6.07, 6.45) is 0. The third kappa shape index (κ3) is 1.48. The van der Waals surface area contributed by atoms with Crippen molar-refractivity contribution in [1.82, 2.24) is 4.98 Å². The number of pyridine rings is 1. The summed E-state index contributed by atoms with van der Waals surface area (Å²) in [4.78, 5) is 15.4. The Hall–Kier alpha value is -2.10. The number of rotatable bonds is 1. The summed E-state index contributed by atoms with van der Waals surface area (Å²) in [5.74, 6) is -0.764. The zero-order chi connectivity index (χ0) is 11.7. The number of ether oxygens (including phenoxy) is 1. The molecule has 1 heterocycles. The minimum absolute atomic E-state index is 0.0429. The maximum atomic E-state index is 11.4. The molecular formula is C12H11NO3. The van der Waals surface area contributed by atoms with Crippen molar-refractivity contribution in [2.45, 2.75) is 6.92 Å². The Labute approximate surface area is 92.5 Å². The van der Waals surface area contributed by atoms with Crippen LogP contribution < -0.4 is 0 Å². The van der Waals surface area contributed by atoms with Gasteiger partial charge in [-0.3, -0.25) is 0 Å². The highest BCUT2D eigenvalue weighted by atomic mass is 16.5. The van der Waals surface area contributed by atoms with Gasteiger partial charge in [-0.2, -0.15) is 0 Å². The molecule has 0 aliphatic heterocycles. The fourth-order valence-electron chi connectivity index (χ4n) is 1.65. The van der Waals surface area contributed by atoms with Crippen molar-refractivity contribution in [2.75, 3.05) is 7.11 Å². The quantitative estimate of drug-likeness (QED) is 0.742. The number of aromatic hydroxyl groups is 1. The van der Waals surface area contributed by atoms with Crippen molar-refractivity contribution in [3.05, 3.63) is 35.7 Å². The van der Waals surface area contributed by atoms with Gasteiger partial charge in [0.05, 0.1) is 7.11 Å². The topological polar surface area (TPSA) is 59.4 Å². The van der Waals surface area contributed by atoms with E-state index in [-0.39, 0.29) is 11.4 Å². The third-order valence-corrected chi connectivity index (χ3v) is 2.45. The first-order chi connectivity index (χ1) is 7.65. The molecule has 0 radical (unpaired) electrons. The zero-order valence-corrected chi connectivity index (χ0v) is 9.02. The number of methoxy groups -OCH3 is 1. The van der Waals surface area contributed by atoms with Crippen LogP contribution in [0.2, 0.25) is 0 Å². The molecular weight excluding hydrogens is 206 g/mol. The maximum absolute atomic E-state index is 11.4. The van der Waals surface area contributed by atoms with Crippen molar-refractivity contribution >= 4 is 16.7 Å². The summed E-state index contributed by atoms with van der Waals surface area (Å²) < 4.78 is 4.56. The second kappa shape index (κ2) is 3.81. The van der Waals surface area contributed by atoms with Crippen molar-refractivity contribution in [3.63, 3.8) is 0 Å². The summed E-state index contributed by atoms with van der Waals surface area (Å²) >= 11 is 0. The van der Waals surface area contributed by atoms with Crippen LogP contribution in [0.3, 0.4) is 0 Å². The highest BCUT2D eigenvalue weighted by Crippen LogP contribution is 2.29. The van der Waals surface area contributed by atoms with Gasteiger partial charge in [0.1, 0.15) is 0 Å². The van der Waals surface area contributed by atoms with E-state index < -0.39 is 5.97 Å². The number of carbonyl (C=O) groups is 1. The lowest BCUT2D eigenvalue weighted by atomic mass is 10.1. The normalized spacial score (nSPS) is 10.4. The molecule has 2 aromatic rings. The molecule has 4 nitrogen and oxygen atoms in total. The van der Waals surface area contributed by atoms with Crippen LogP contribution >= 0.6 is 0 Å². The Morgan fingerprint density at radius 2 is 1.94 bits per heavy atom. The van der Waals surface area contributed by atoms with Gasteiger partial charge in [0.2, 0.25) is 0 Å². The second-order valence-electron chi connectivity index (χ2n) is 3.43. The van der Waals surface area contributed by atoms with Crippen LogP contribution in [0.5, 0.6) is 5.75 Å². The van der Waals surface area contributed by atoms with Crippen molar-refractivity contribution in [1.29, 1.82) is 0 Å². The summed E-state index contributed by atoms with van der Waals surface area (Å²) in [5.41, 5.74) is 0.646. The van der Waals surface area contributed by atoms with Crippen LogP contribution in [-0.2, 0) is 4.74 Å². The molecule has 1 aromatic carbocycles. The fourth-order valence-corrected chi connectivity index (χ4v) is 1.65. The number of hydrogen-bond acceptors (Lipinski definition) is 4. The van der Waals surface area contributed by atoms with Crippen LogP contribution in [0.4, 0.5) is 0 Å². The molecule has 16 heavy (non-hydrogen) atoms. The van der Waals surface area contributed by atoms with Gasteiger partial charge < -0.3 is 9.84 Å². The first-order valence-electron chi connectivity index (χ1n) is 4.81. The van der Waals surface area contributed by atoms with Gasteiger partial charge in [-0.15, -0.1) is 0 Å². The average molecular weight is 217 g/mol. The molecule has 0 unspecified atom stereocenters. The Kier molecular flexibility index (Phi) is 2.48. The van der Waals surface area contributed by atoms with Gasteiger partial charge in [-0.25, -0.2) is 9.78 Å². The fraction of sp³-hybridized carbons (Fsp3) is 0.167. The number of aromatic nitrogens is 1. The predicted molar refractivity (Wildman–Crippen MR) is 59.5 cm³/mol. The lowest BCUT2D eigenvalue weighted by Crippen LogP contribution is -2.06. The number of aryl methyl sites for hydroxylation is 1. The lowest BCUT2D eigenvalue weighted by molar-refractivity contribution is 0.0590.